The van der Waals surface area contributed by atoms with Gasteiger partial charge in [0.1, 0.15) is 17.6 Å². The molecular weight excluding hydrogens is 362 g/mol. The fraction of sp³-hybridized carbons (Fsp3) is 0.455. The van der Waals surface area contributed by atoms with E-state index >= 15 is 0 Å². The highest BCUT2D eigenvalue weighted by atomic mass is 35.5. The molecule has 0 saturated heterocycles. The summed E-state index contributed by atoms with van der Waals surface area (Å²) in [5, 5.41) is 15.1. The maximum Gasteiger partial charge on any atom is 0.144 e. The molecule has 0 amide bonds. The van der Waals surface area contributed by atoms with E-state index < -0.39 is 6.10 Å². The maximum atomic E-state index is 11.2. The molecule has 0 heterocycles. The Kier molecular flexibility index (Phi) is 7.01. The van der Waals surface area contributed by atoms with Crippen LogP contribution in [0.5, 0.6) is 11.5 Å². The van der Waals surface area contributed by atoms with Crippen molar-refractivity contribution in [2.45, 2.75) is 46.8 Å². The normalized spacial score (nSPS) is 12.8. The van der Waals surface area contributed by atoms with Gasteiger partial charge in [-0.3, -0.25) is 0 Å². The van der Waals surface area contributed by atoms with Crippen LogP contribution in [0.1, 0.15) is 51.8 Å². The monoisotopic (exact) mass is 391 g/mol. The summed E-state index contributed by atoms with van der Waals surface area (Å²) < 4.78 is 11.4. The largest absolute Gasteiger partial charge is 0.496 e. The second-order valence-electron chi connectivity index (χ2n) is 8.09. The predicted molar refractivity (Wildman–Crippen MR) is 112 cm³/mol. The maximum absolute atomic E-state index is 11.2. The van der Waals surface area contributed by atoms with Gasteiger partial charge in [-0.2, -0.15) is 0 Å². The third kappa shape index (κ3) is 5.78. The Balaban J connectivity index is 2.56. The van der Waals surface area contributed by atoms with E-state index in [4.69, 9.17) is 21.1 Å². The molecule has 4 nitrogen and oxygen atoms in total. The zero-order valence-corrected chi connectivity index (χ0v) is 17.7. The summed E-state index contributed by atoms with van der Waals surface area (Å²) in [6.45, 7) is 11.1. The number of benzene rings is 2. The van der Waals surface area contributed by atoms with Crippen molar-refractivity contribution in [3.8, 4) is 11.5 Å². The van der Waals surface area contributed by atoms with Crippen LogP contribution in [0.25, 0.3) is 0 Å². The summed E-state index contributed by atoms with van der Waals surface area (Å²) in [4.78, 5) is 0. The Morgan fingerprint density at radius 1 is 1.07 bits per heavy atom. The lowest BCUT2D eigenvalue weighted by Crippen LogP contribution is -2.21. The fourth-order valence-electron chi connectivity index (χ4n) is 2.77. The van der Waals surface area contributed by atoms with Gasteiger partial charge in [0.25, 0.3) is 0 Å². The van der Waals surface area contributed by atoms with E-state index in [-0.39, 0.29) is 11.5 Å². The highest BCUT2D eigenvalue weighted by Gasteiger charge is 2.23. The first-order valence-electron chi connectivity index (χ1n) is 9.17. The Hall–Kier alpha value is -1.91. The van der Waals surface area contributed by atoms with E-state index in [9.17, 15) is 5.11 Å². The van der Waals surface area contributed by atoms with Gasteiger partial charge in [-0.15, -0.1) is 0 Å². The summed E-state index contributed by atoms with van der Waals surface area (Å²) >= 11 is 6.35. The molecule has 1 atom stereocenters. The van der Waals surface area contributed by atoms with E-state index in [1.54, 1.807) is 19.2 Å². The standard InChI is InChI=1S/C22H30ClNO3/c1-14(2)27-19-12-15(23)11-17(20(19)24-13-22(3,4)5)21(25)16-9-7-8-10-18(16)26-6/h7-12,14,21,24-25H,13H2,1-6H3/t21-/m0/s1. The Morgan fingerprint density at radius 3 is 2.33 bits per heavy atom. The number of para-hydroxylation sites is 1. The molecule has 2 aromatic rings. The first-order chi connectivity index (χ1) is 12.6. The van der Waals surface area contributed by atoms with Gasteiger partial charge in [0.15, 0.2) is 0 Å². The van der Waals surface area contributed by atoms with Crippen molar-refractivity contribution in [2.75, 3.05) is 19.0 Å². The van der Waals surface area contributed by atoms with Crippen molar-refractivity contribution in [3.05, 3.63) is 52.5 Å². The van der Waals surface area contributed by atoms with Gasteiger partial charge in [0.05, 0.1) is 18.9 Å². The predicted octanol–water partition coefficient (Wildman–Crippen LogP) is 5.68. The van der Waals surface area contributed by atoms with Crippen LogP contribution in [-0.4, -0.2) is 24.9 Å². The number of hydrogen-bond acceptors (Lipinski definition) is 4. The molecule has 5 heteroatoms. The smallest absolute Gasteiger partial charge is 0.144 e. The lowest BCUT2D eigenvalue weighted by molar-refractivity contribution is 0.212. The van der Waals surface area contributed by atoms with Crippen molar-refractivity contribution in [3.63, 3.8) is 0 Å². The zero-order valence-electron chi connectivity index (χ0n) is 17.0. The van der Waals surface area contributed by atoms with E-state index in [0.29, 0.717) is 34.2 Å². The van der Waals surface area contributed by atoms with Crippen molar-refractivity contribution in [2.24, 2.45) is 5.41 Å². The minimum atomic E-state index is -0.906. The Labute approximate surface area is 167 Å². The Bertz CT molecular complexity index is 769. The molecule has 148 valence electrons. The average Bonchev–Trinajstić information content (AvgIpc) is 2.58. The van der Waals surface area contributed by atoms with Crippen LogP contribution in [0, 0.1) is 5.41 Å². The molecule has 0 spiro atoms. The SMILES string of the molecule is COc1ccccc1[C@H](O)c1cc(Cl)cc(OC(C)C)c1NCC(C)(C)C. The zero-order chi connectivity index (χ0) is 20.2. The van der Waals surface area contributed by atoms with Gasteiger partial charge >= 0.3 is 0 Å². The van der Waals surface area contributed by atoms with Crippen molar-refractivity contribution >= 4 is 17.3 Å². The lowest BCUT2D eigenvalue weighted by atomic mass is 9.95. The first-order valence-corrected chi connectivity index (χ1v) is 9.55. The number of methoxy groups -OCH3 is 1. The molecule has 0 aromatic heterocycles. The van der Waals surface area contributed by atoms with E-state index in [1.807, 2.05) is 38.1 Å². The molecule has 0 aliphatic carbocycles. The third-order valence-electron chi connectivity index (χ3n) is 3.98. The molecule has 2 N–H and O–H groups in total. The number of aliphatic hydroxyl groups is 1. The molecule has 0 fully saturated rings. The van der Waals surface area contributed by atoms with E-state index in [1.165, 1.54) is 0 Å². The van der Waals surface area contributed by atoms with Crippen LogP contribution in [0.3, 0.4) is 0 Å². The number of anilines is 1. The molecular formula is C22H30ClNO3. The van der Waals surface area contributed by atoms with Crippen molar-refractivity contribution in [1.82, 2.24) is 0 Å². The quantitative estimate of drug-likeness (QED) is 0.637. The molecule has 0 bridgehead atoms. The summed E-state index contributed by atoms with van der Waals surface area (Å²) in [5.74, 6) is 1.25. The van der Waals surface area contributed by atoms with Crippen LogP contribution in [0.2, 0.25) is 5.02 Å². The van der Waals surface area contributed by atoms with E-state index in [0.717, 1.165) is 5.69 Å². The van der Waals surface area contributed by atoms with Gasteiger partial charge < -0.3 is 19.9 Å². The van der Waals surface area contributed by atoms with Crippen LogP contribution >= 0.6 is 11.6 Å². The first kappa shape index (κ1) is 21.4. The average molecular weight is 392 g/mol. The van der Waals surface area contributed by atoms with Crippen LogP contribution < -0.4 is 14.8 Å². The molecule has 2 aromatic carbocycles. The number of ether oxygens (including phenoxy) is 2. The highest BCUT2D eigenvalue weighted by Crippen LogP contribution is 2.41. The number of nitrogens with one attached hydrogen (secondary N) is 1. The minimum absolute atomic E-state index is 0.0186. The Morgan fingerprint density at radius 2 is 1.74 bits per heavy atom. The molecule has 2 rings (SSSR count). The minimum Gasteiger partial charge on any atom is -0.496 e. The number of aliphatic hydroxyl groups excluding tert-OH is 1. The number of rotatable bonds is 7. The summed E-state index contributed by atoms with van der Waals surface area (Å²) in [6, 6.07) is 11.0. The van der Waals surface area contributed by atoms with Gasteiger partial charge in [0, 0.05) is 28.8 Å². The second-order valence-corrected chi connectivity index (χ2v) is 8.53. The molecule has 0 radical (unpaired) electrons. The van der Waals surface area contributed by atoms with Crippen molar-refractivity contribution < 1.29 is 14.6 Å². The molecule has 0 unspecified atom stereocenters. The number of halogens is 1. The highest BCUT2D eigenvalue weighted by molar-refractivity contribution is 6.31. The van der Waals surface area contributed by atoms with Crippen LogP contribution in [-0.2, 0) is 0 Å². The fourth-order valence-corrected chi connectivity index (χ4v) is 2.98. The molecule has 0 aliphatic heterocycles. The molecule has 0 saturated carbocycles. The lowest BCUT2D eigenvalue weighted by Gasteiger charge is -2.26. The summed E-state index contributed by atoms with van der Waals surface area (Å²) in [7, 11) is 1.59. The van der Waals surface area contributed by atoms with Gasteiger partial charge in [-0.05, 0) is 31.4 Å². The summed E-state index contributed by atoms with van der Waals surface area (Å²) in [6.07, 6.45) is -0.924. The van der Waals surface area contributed by atoms with Gasteiger partial charge in [0.2, 0.25) is 0 Å². The van der Waals surface area contributed by atoms with Crippen molar-refractivity contribution in [1.29, 1.82) is 0 Å². The van der Waals surface area contributed by atoms with Gasteiger partial charge in [-0.25, -0.2) is 0 Å². The van der Waals surface area contributed by atoms with Crippen LogP contribution in [0.4, 0.5) is 5.69 Å². The van der Waals surface area contributed by atoms with E-state index in [2.05, 4.69) is 26.1 Å². The molecule has 27 heavy (non-hydrogen) atoms. The van der Waals surface area contributed by atoms with Gasteiger partial charge in [-0.1, -0.05) is 50.6 Å². The van der Waals surface area contributed by atoms with Crippen LogP contribution in [0.15, 0.2) is 36.4 Å². The topological polar surface area (TPSA) is 50.7 Å². The third-order valence-corrected chi connectivity index (χ3v) is 4.20. The number of hydrogen-bond donors (Lipinski definition) is 2. The molecule has 0 aliphatic rings. The second kappa shape index (κ2) is 8.85. The summed E-state index contributed by atoms with van der Waals surface area (Å²) in [5.41, 5.74) is 2.14.